The molecule has 130 valence electrons. The molecule has 1 saturated heterocycles. The monoisotopic (exact) mass is 336 g/mol. The predicted molar refractivity (Wildman–Crippen MR) is 97.5 cm³/mol. The lowest BCUT2D eigenvalue weighted by molar-refractivity contribution is -0.114. The number of aromatic amines is 1. The maximum Gasteiger partial charge on any atom is 0.159 e. The number of nitrogens with zero attached hydrogens (tertiary/aromatic N) is 1. The summed E-state index contributed by atoms with van der Waals surface area (Å²) in [5.41, 5.74) is 4.77. The van der Waals surface area contributed by atoms with Crippen LogP contribution in [0.3, 0.4) is 0 Å². The second kappa shape index (κ2) is 5.46. The Hall–Kier alpha value is -2.07. The van der Waals surface area contributed by atoms with Crippen molar-refractivity contribution in [3.8, 4) is 0 Å². The summed E-state index contributed by atoms with van der Waals surface area (Å²) in [5.74, 6) is 1.35. The maximum atomic E-state index is 11.8. The molecule has 25 heavy (non-hydrogen) atoms. The van der Waals surface area contributed by atoms with Gasteiger partial charge in [-0.25, -0.2) is 0 Å². The first-order valence-electron chi connectivity index (χ1n) is 9.37. The molecule has 1 aromatic heterocycles. The van der Waals surface area contributed by atoms with Crippen molar-refractivity contribution in [1.29, 1.82) is 0 Å². The minimum absolute atomic E-state index is 0.0367. The first-order valence-corrected chi connectivity index (χ1v) is 9.37. The molecule has 0 spiro atoms. The quantitative estimate of drug-likeness (QED) is 0.830. The number of allylic oxidation sites excluding steroid dienone is 2. The van der Waals surface area contributed by atoms with E-state index in [2.05, 4.69) is 34.1 Å². The van der Waals surface area contributed by atoms with Crippen molar-refractivity contribution in [1.82, 2.24) is 9.88 Å². The number of Topliss-reactive ketones (excluding diaryl/α,β-unsaturated/α-hetero) is 1. The Morgan fingerprint density at radius 1 is 1.24 bits per heavy atom. The summed E-state index contributed by atoms with van der Waals surface area (Å²) in [6.45, 7) is 3.71. The van der Waals surface area contributed by atoms with Crippen LogP contribution in [0.25, 0.3) is 10.9 Å². The fraction of sp³-hybridized carbons (Fsp3) is 0.476. The zero-order valence-electron chi connectivity index (χ0n) is 14.6. The molecule has 0 bridgehead atoms. The summed E-state index contributed by atoms with van der Waals surface area (Å²) in [5, 5.41) is 11.7. The summed E-state index contributed by atoms with van der Waals surface area (Å²) in [4.78, 5) is 18.1. The van der Waals surface area contributed by atoms with Gasteiger partial charge in [-0.2, -0.15) is 0 Å². The van der Waals surface area contributed by atoms with E-state index in [1.165, 1.54) is 22.2 Å². The van der Waals surface area contributed by atoms with Crippen LogP contribution in [-0.4, -0.2) is 33.9 Å². The molecule has 3 aliphatic rings. The molecule has 2 N–H and O–H groups in total. The number of rotatable bonds is 1. The van der Waals surface area contributed by atoms with Gasteiger partial charge in [0.15, 0.2) is 5.78 Å². The van der Waals surface area contributed by atoms with Crippen LogP contribution in [0.1, 0.15) is 43.5 Å². The van der Waals surface area contributed by atoms with Gasteiger partial charge in [0, 0.05) is 41.7 Å². The first kappa shape index (κ1) is 15.2. The van der Waals surface area contributed by atoms with Crippen LogP contribution in [0, 0.1) is 11.8 Å². The number of aliphatic hydroxyl groups excluding tert-OH is 1. The maximum absolute atomic E-state index is 11.8. The fourth-order valence-electron chi connectivity index (χ4n) is 5.36. The number of aliphatic hydroxyl groups is 1. The normalized spacial score (nSPS) is 29.2. The highest BCUT2D eigenvalue weighted by molar-refractivity contribution is 5.93. The predicted octanol–water partition coefficient (Wildman–Crippen LogP) is 3.90. The van der Waals surface area contributed by atoms with Crippen molar-refractivity contribution >= 4 is 16.7 Å². The molecule has 0 radical (unpaired) electrons. The van der Waals surface area contributed by atoms with Gasteiger partial charge in [0.05, 0.1) is 11.8 Å². The van der Waals surface area contributed by atoms with Crippen LogP contribution in [0.5, 0.6) is 0 Å². The number of benzene rings is 1. The number of ketones is 1. The Balaban J connectivity index is 1.50. The molecule has 2 aliphatic heterocycles. The van der Waals surface area contributed by atoms with Gasteiger partial charge in [-0.1, -0.05) is 18.2 Å². The Kier molecular flexibility index (Phi) is 3.32. The van der Waals surface area contributed by atoms with E-state index >= 15 is 0 Å². The minimum Gasteiger partial charge on any atom is -0.512 e. The van der Waals surface area contributed by atoms with Crippen molar-refractivity contribution in [3.05, 3.63) is 46.9 Å². The van der Waals surface area contributed by atoms with E-state index in [0.29, 0.717) is 35.6 Å². The van der Waals surface area contributed by atoms with Crippen molar-refractivity contribution in [2.24, 2.45) is 11.8 Å². The molecule has 0 unspecified atom stereocenters. The molecule has 0 saturated carbocycles. The van der Waals surface area contributed by atoms with E-state index in [1.54, 1.807) is 6.92 Å². The highest BCUT2D eigenvalue weighted by Crippen LogP contribution is 2.47. The van der Waals surface area contributed by atoms with Crippen LogP contribution in [0.4, 0.5) is 0 Å². The summed E-state index contributed by atoms with van der Waals surface area (Å²) in [6.07, 6.45) is 3.57. The minimum atomic E-state index is 0.0367. The highest BCUT2D eigenvalue weighted by atomic mass is 16.3. The van der Waals surface area contributed by atoms with E-state index in [-0.39, 0.29) is 5.78 Å². The molecule has 4 heteroatoms. The number of para-hydroxylation sites is 1. The highest BCUT2D eigenvalue weighted by Gasteiger charge is 2.42. The molecule has 1 aliphatic carbocycles. The van der Waals surface area contributed by atoms with Gasteiger partial charge in [0.2, 0.25) is 0 Å². The Morgan fingerprint density at radius 2 is 2.08 bits per heavy atom. The van der Waals surface area contributed by atoms with Gasteiger partial charge in [0.1, 0.15) is 0 Å². The standard InChI is InChI=1S/C21H24N2O2/c1-12(24)17-8-14-11-23-7-6-16-15-4-2-3-5-18(15)22-21(16)19(23)9-13(14)10-20(17)25/h2-5,13-14,19,22,25H,6-11H2,1H3/t13-,14+,19+/m1/s1. The van der Waals surface area contributed by atoms with Crippen molar-refractivity contribution in [2.75, 3.05) is 13.1 Å². The lowest BCUT2D eigenvalue weighted by atomic mass is 9.70. The average molecular weight is 336 g/mol. The van der Waals surface area contributed by atoms with Gasteiger partial charge in [-0.05, 0) is 49.7 Å². The van der Waals surface area contributed by atoms with E-state index in [0.717, 1.165) is 32.4 Å². The van der Waals surface area contributed by atoms with E-state index < -0.39 is 0 Å². The second-order valence-corrected chi connectivity index (χ2v) is 7.97. The summed E-state index contributed by atoms with van der Waals surface area (Å²) >= 11 is 0. The third-order valence-corrected chi connectivity index (χ3v) is 6.63. The smallest absolute Gasteiger partial charge is 0.159 e. The topological polar surface area (TPSA) is 56.3 Å². The molecule has 1 aromatic carbocycles. The van der Waals surface area contributed by atoms with Gasteiger partial charge < -0.3 is 10.1 Å². The summed E-state index contributed by atoms with van der Waals surface area (Å²) in [7, 11) is 0. The fourth-order valence-corrected chi connectivity index (χ4v) is 5.36. The zero-order valence-corrected chi connectivity index (χ0v) is 14.6. The number of fused-ring (bicyclic) bond motifs is 6. The molecule has 0 amide bonds. The van der Waals surface area contributed by atoms with Crippen LogP contribution in [0.15, 0.2) is 35.6 Å². The second-order valence-electron chi connectivity index (χ2n) is 7.97. The molecular formula is C21H24N2O2. The molecule has 4 nitrogen and oxygen atoms in total. The number of hydrogen-bond donors (Lipinski definition) is 2. The molecular weight excluding hydrogens is 312 g/mol. The number of aromatic nitrogens is 1. The molecule has 3 atom stereocenters. The van der Waals surface area contributed by atoms with Crippen molar-refractivity contribution in [2.45, 2.75) is 38.6 Å². The van der Waals surface area contributed by atoms with Crippen molar-refractivity contribution < 1.29 is 9.90 Å². The Labute approximate surface area is 147 Å². The van der Waals surface area contributed by atoms with Gasteiger partial charge in [-0.15, -0.1) is 0 Å². The van der Waals surface area contributed by atoms with Crippen LogP contribution in [-0.2, 0) is 11.2 Å². The van der Waals surface area contributed by atoms with Gasteiger partial charge >= 0.3 is 0 Å². The van der Waals surface area contributed by atoms with Crippen LogP contribution < -0.4 is 0 Å². The van der Waals surface area contributed by atoms with E-state index in [4.69, 9.17) is 0 Å². The Bertz CT molecular complexity index is 894. The number of H-pyrrole nitrogens is 1. The molecule has 1 fully saturated rings. The number of hydrogen-bond acceptors (Lipinski definition) is 3. The first-order chi connectivity index (χ1) is 12.1. The average Bonchev–Trinajstić information content (AvgIpc) is 2.98. The number of carbonyl (C=O) groups is 1. The molecule has 2 aromatic rings. The lowest BCUT2D eigenvalue weighted by Crippen LogP contribution is -2.47. The number of nitrogens with one attached hydrogen (secondary N) is 1. The van der Waals surface area contributed by atoms with Crippen LogP contribution >= 0.6 is 0 Å². The lowest BCUT2D eigenvalue weighted by Gasteiger charge is -2.48. The van der Waals surface area contributed by atoms with E-state index in [9.17, 15) is 9.90 Å². The SMILES string of the molecule is CC(=O)C1=C(O)C[C@H]2C[C@H]3c4[nH]c5ccccc5c4CCN3C[C@@H]2C1. The van der Waals surface area contributed by atoms with Gasteiger partial charge in [0.25, 0.3) is 0 Å². The summed E-state index contributed by atoms with van der Waals surface area (Å²) < 4.78 is 0. The number of piperidine rings is 1. The summed E-state index contributed by atoms with van der Waals surface area (Å²) in [6, 6.07) is 9.02. The van der Waals surface area contributed by atoms with Crippen molar-refractivity contribution in [3.63, 3.8) is 0 Å². The zero-order chi connectivity index (χ0) is 17.1. The van der Waals surface area contributed by atoms with Gasteiger partial charge in [-0.3, -0.25) is 9.69 Å². The van der Waals surface area contributed by atoms with Crippen LogP contribution in [0.2, 0.25) is 0 Å². The largest absolute Gasteiger partial charge is 0.512 e. The third-order valence-electron chi connectivity index (χ3n) is 6.63. The molecule has 3 heterocycles. The molecule has 5 rings (SSSR count). The third kappa shape index (κ3) is 2.27. The number of carbonyl (C=O) groups excluding carboxylic acids is 1. The van der Waals surface area contributed by atoms with E-state index in [1.807, 2.05) is 0 Å². The Morgan fingerprint density at radius 3 is 2.92 bits per heavy atom.